The molecule has 1 aromatic rings. The minimum Gasteiger partial charge on any atom is -0.504 e. The number of hydrogen-bond donors (Lipinski definition) is 2. The third-order valence-corrected chi connectivity index (χ3v) is 7.08. The minimum atomic E-state index is -3.83. The smallest absolute Gasteiger partial charge is 0.264 e. The molecule has 1 aromatic carbocycles. The first-order valence-corrected chi connectivity index (χ1v) is 12.5. The molecule has 2 aliphatic rings. The van der Waals surface area contributed by atoms with Crippen molar-refractivity contribution in [3.05, 3.63) is 36.9 Å². The van der Waals surface area contributed by atoms with Crippen LogP contribution in [0, 0.1) is 12.5 Å². The summed E-state index contributed by atoms with van der Waals surface area (Å²) in [7, 11) is -3.83. The average molecular weight is 539 g/mol. The van der Waals surface area contributed by atoms with Gasteiger partial charge in [0.05, 0.1) is 18.1 Å². The molecule has 1 amide bonds. The van der Waals surface area contributed by atoms with Crippen LogP contribution < -0.4 is 10.0 Å². The Balaban J connectivity index is 0.00000363. The van der Waals surface area contributed by atoms with Crippen LogP contribution in [-0.2, 0) is 52.3 Å². The molecule has 1 aliphatic carbocycles. The zero-order valence-corrected chi connectivity index (χ0v) is 22.4. The van der Waals surface area contributed by atoms with Crippen molar-refractivity contribution in [2.75, 3.05) is 26.3 Å². The van der Waals surface area contributed by atoms with E-state index in [0.717, 1.165) is 12.8 Å². The van der Waals surface area contributed by atoms with Crippen molar-refractivity contribution in [2.24, 2.45) is 10.9 Å². The summed E-state index contributed by atoms with van der Waals surface area (Å²) in [5, 5.41) is 2.75. The summed E-state index contributed by atoms with van der Waals surface area (Å²) in [4.78, 5) is 19.5. The normalized spacial score (nSPS) is 19.0. The molecule has 0 bridgehead atoms. The van der Waals surface area contributed by atoms with E-state index in [4.69, 9.17) is 4.74 Å². The summed E-state index contributed by atoms with van der Waals surface area (Å²) in [5.41, 5.74) is 0. The molecule has 1 aliphatic heterocycles. The van der Waals surface area contributed by atoms with Gasteiger partial charge in [-0.1, -0.05) is 50.3 Å². The van der Waals surface area contributed by atoms with Gasteiger partial charge in [-0.3, -0.25) is 4.79 Å². The van der Waals surface area contributed by atoms with E-state index in [1.54, 1.807) is 31.7 Å². The molecule has 1 radical (unpaired) electrons. The van der Waals surface area contributed by atoms with Gasteiger partial charge in [0.1, 0.15) is 6.04 Å². The van der Waals surface area contributed by atoms with Crippen LogP contribution in [0.15, 0.2) is 40.2 Å². The Morgan fingerprint density at radius 2 is 1.84 bits per heavy atom. The first-order valence-electron chi connectivity index (χ1n) is 11.1. The average Bonchev–Trinajstić information content (AvgIpc) is 2.80. The van der Waals surface area contributed by atoms with E-state index in [1.165, 1.54) is 31.4 Å². The van der Waals surface area contributed by atoms with Crippen molar-refractivity contribution >= 4 is 21.9 Å². The summed E-state index contributed by atoms with van der Waals surface area (Å²) in [6.45, 7) is 5.32. The van der Waals surface area contributed by atoms with Crippen LogP contribution in [0.3, 0.4) is 0 Å². The van der Waals surface area contributed by atoms with E-state index >= 15 is 0 Å². The number of ether oxygens (including phenoxy) is 1. The van der Waals surface area contributed by atoms with E-state index in [-0.39, 0.29) is 49.5 Å². The molecule has 1 atom stereocenters. The SMILES string of the molecule is C[CH-]NC(=O)[C@H](CC1CCCCC1)N=C(NS(=O)(=O)c1ccccc1)N1CCOCC1.[Y]. The number of sulfonamides is 1. The molecule has 1 saturated carbocycles. The van der Waals surface area contributed by atoms with Gasteiger partial charge in [-0.2, -0.15) is 6.92 Å². The van der Waals surface area contributed by atoms with Gasteiger partial charge in [0.2, 0.25) is 11.9 Å². The van der Waals surface area contributed by atoms with Crippen LogP contribution in [-0.4, -0.2) is 57.5 Å². The van der Waals surface area contributed by atoms with Gasteiger partial charge in [-0.05, 0) is 24.5 Å². The second kappa shape index (κ2) is 13.6. The maximum Gasteiger partial charge on any atom is 0.264 e. The van der Waals surface area contributed by atoms with Crippen LogP contribution in [0.2, 0.25) is 0 Å². The van der Waals surface area contributed by atoms with E-state index in [1.807, 2.05) is 4.90 Å². The second-order valence-corrected chi connectivity index (χ2v) is 9.71. The molecule has 0 spiro atoms. The molecule has 0 aromatic heterocycles. The van der Waals surface area contributed by atoms with Crippen molar-refractivity contribution < 1.29 is 50.7 Å². The van der Waals surface area contributed by atoms with E-state index in [9.17, 15) is 13.2 Å². The van der Waals surface area contributed by atoms with Crippen molar-refractivity contribution in [1.82, 2.24) is 14.9 Å². The fourth-order valence-corrected chi connectivity index (χ4v) is 5.12. The Labute approximate surface area is 216 Å². The zero-order chi connectivity index (χ0) is 22.1. The third kappa shape index (κ3) is 8.08. The number of aliphatic imine (C=N–C) groups is 1. The predicted octanol–water partition coefficient (Wildman–Crippen LogP) is 2.29. The number of nitrogens with zero attached hydrogens (tertiary/aromatic N) is 2. The second-order valence-electron chi connectivity index (χ2n) is 8.02. The quantitative estimate of drug-likeness (QED) is 0.315. The first kappa shape index (κ1) is 27.2. The number of amides is 1. The summed E-state index contributed by atoms with van der Waals surface area (Å²) in [6.07, 6.45) is 6.34. The van der Waals surface area contributed by atoms with Crippen LogP contribution in [0.5, 0.6) is 0 Å². The molecule has 0 unspecified atom stereocenters. The number of guanidine groups is 1. The number of hydrogen-bond acceptors (Lipinski definition) is 5. The molecule has 1 heterocycles. The monoisotopic (exact) mass is 538 g/mol. The van der Waals surface area contributed by atoms with Crippen LogP contribution in [0.4, 0.5) is 0 Å². The zero-order valence-electron chi connectivity index (χ0n) is 18.7. The molecule has 32 heavy (non-hydrogen) atoms. The van der Waals surface area contributed by atoms with Crippen molar-refractivity contribution in [3.8, 4) is 0 Å². The summed E-state index contributed by atoms with van der Waals surface area (Å²) in [5.74, 6) is 0.415. The van der Waals surface area contributed by atoms with Gasteiger partial charge < -0.3 is 15.0 Å². The Morgan fingerprint density at radius 1 is 1.19 bits per heavy atom. The molecule has 2 N–H and O–H groups in total. The van der Waals surface area contributed by atoms with E-state index in [2.05, 4.69) is 15.0 Å². The molecular formula is C22H33N4O4SY-. The Morgan fingerprint density at radius 3 is 2.47 bits per heavy atom. The molecule has 10 heteroatoms. The molecule has 3 rings (SSSR count). The predicted molar refractivity (Wildman–Crippen MR) is 120 cm³/mol. The first-order chi connectivity index (χ1) is 15.0. The van der Waals surface area contributed by atoms with Gasteiger partial charge in [-0.15, -0.1) is 0 Å². The molecule has 175 valence electrons. The molecule has 1 saturated heterocycles. The standard InChI is InChI=1S/C22H33N4O4S.Y/c1-2-23-21(27)20(17-18-9-5-3-6-10-18)24-22(26-13-15-30-16-14-26)25-31(28,29)19-11-7-4-8-12-19;/h2,4,7-8,11-12,18,20H,3,5-6,9-10,13-17H2,1H3,(H,23,27)(H,24,25);/q-1;/t20-;/m0./s1. The topological polar surface area (TPSA) is 100 Å². The number of benzene rings is 1. The van der Waals surface area contributed by atoms with Crippen molar-refractivity contribution in [2.45, 2.75) is 56.4 Å². The van der Waals surface area contributed by atoms with Crippen LogP contribution >= 0.6 is 0 Å². The number of nitrogens with one attached hydrogen (secondary N) is 2. The van der Waals surface area contributed by atoms with Crippen LogP contribution in [0.1, 0.15) is 45.4 Å². The number of carbonyl (C=O) groups excluding carboxylic acids is 1. The van der Waals surface area contributed by atoms with Crippen molar-refractivity contribution in [3.63, 3.8) is 0 Å². The summed E-state index contributed by atoms with van der Waals surface area (Å²) < 4.78 is 34.1. The largest absolute Gasteiger partial charge is 0.504 e. The van der Waals surface area contributed by atoms with E-state index in [0.29, 0.717) is 38.6 Å². The Kier molecular flexibility index (Phi) is 11.6. The fraction of sp³-hybridized carbons (Fsp3) is 0.591. The van der Waals surface area contributed by atoms with Gasteiger partial charge in [-0.25, -0.2) is 24.7 Å². The Hall–Kier alpha value is -1.03. The number of rotatable bonds is 7. The van der Waals surface area contributed by atoms with E-state index < -0.39 is 16.1 Å². The van der Waals surface area contributed by atoms with Gasteiger partial charge >= 0.3 is 0 Å². The third-order valence-electron chi connectivity index (χ3n) is 5.74. The van der Waals surface area contributed by atoms with Gasteiger partial charge in [0.25, 0.3) is 10.0 Å². The molecular weight excluding hydrogens is 505 g/mol. The maximum atomic E-state index is 13.0. The maximum absolute atomic E-state index is 13.0. The van der Waals surface area contributed by atoms with Crippen molar-refractivity contribution in [1.29, 1.82) is 0 Å². The molecule has 8 nitrogen and oxygen atoms in total. The number of morpholine rings is 1. The van der Waals surface area contributed by atoms with Crippen LogP contribution in [0.25, 0.3) is 0 Å². The fourth-order valence-electron chi connectivity index (χ4n) is 4.07. The van der Waals surface area contributed by atoms with Gasteiger partial charge in [0.15, 0.2) is 0 Å². The minimum absolute atomic E-state index is 0. The number of carbonyl (C=O) groups is 1. The molecule has 2 fully saturated rings. The Bertz CT molecular complexity index is 839. The summed E-state index contributed by atoms with van der Waals surface area (Å²) in [6, 6.07) is 7.54. The van der Waals surface area contributed by atoms with Gasteiger partial charge in [0, 0.05) is 45.8 Å². The summed E-state index contributed by atoms with van der Waals surface area (Å²) >= 11 is 0.